The molecule has 1 rings (SSSR count). The highest BCUT2D eigenvalue weighted by Gasteiger charge is 2.18. The molecule has 0 saturated heterocycles. The zero-order valence-corrected chi connectivity index (χ0v) is 12.4. The van der Waals surface area contributed by atoms with Crippen LogP contribution in [0.1, 0.15) is 13.3 Å². The van der Waals surface area contributed by atoms with Gasteiger partial charge in [0.05, 0.1) is 15.0 Å². The van der Waals surface area contributed by atoms with Gasteiger partial charge in [-0.2, -0.15) is 11.8 Å². The van der Waals surface area contributed by atoms with Crippen molar-refractivity contribution >= 4 is 46.3 Å². The molecule has 0 fully saturated rings. The van der Waals surface area contributed by atoms with E-state index >= 15 is 0 Å². The number of halogens is 2. The first kappa shape index (κ1) is 15.4. The smallest absolute Gasteiger partial charge is 0.293 e. The van der Waals surface area contributed by atoms with Gasteiger partial charge in [0, 0.05) is 12.1 Å². The molecule has 0 aliphatic heterocycles. The highest BCUT2D eigenvalue weighted by Crippen LogP contribution is 2.34. The Morgan fingerprint density at radius 1 is 1.44 bits per heavy atom. The average molecular weight is 309 g/mol. The third-order valence-corrected chi connectivity index (χ3v) is 3.76. The van der Waals surface area contributed by atoms with Gasteiger partial charge in [-0.15, -0.1) is 0 Å². The van der Waals surface area contributed by atoms with Crippen LogP contribution in [0.3, 0.4) is 0 Å². The Kier molecular flexibility index (Phi) is 6.05. The first-order valence-electron chi connectivity index (χ1n) is 5.34. The Labute approximate surface area is 120 Å². The van der Waals surface area contributed by atoms with E-state index < -0.39 is 4.92 Å². The van der Waals surface area contributed by atoms with E-state index in [1.54, 1.807) is 11.8 Å². The molecule has 0 aliphatic rings. The van der Waals surface area contributed by atoms with Crippen LogP contribution in [0.15, 0.2) is 12.1 Å². The summed E-state index contributed by atoms with van der Waals surface area (Å²) in [4.78, 5) is 10.5. The van der Waals surface area contributed by atoms with Crippen LogP contribution >= 0.6 is 35.0 Å². The number of hydrogen-bond acceptors (Lipinski definition) is 4. The lowest BCUT2D eigenvalue weighted by Crippen LogP contribution is -2.16. The quantitative estimate of drug-likeness (QED) is 0.623. The predicted molar refractivity (Wildman–Crippen MR) is 79.2 cm³/mol. The molecular formula is C11H14Cl2N2O2S. The predicted octanol–water partition coefficient (Wildman–Crippen LogP) is 4.46. The highest BCUT2D eigenvalue weighted by atomic mass is 35.5. The Morgan fingerprint density at radius 3 is 2.61 bits per heavy atom. The minimum absolute atomic E-state index is 0.0552. The summed E-state index contributed by atoms with van der Waals surface area (Å²) < 4.78 is 0. The molecule has 18 heavy (non-hydrogen) atoms. The molecule has 0 amide bonds. The Bertz CT molecular complexity index is 443. The SMILES string of the molecule is CSCCC(C)Nc1cc(Cl)c(Cl)cc1[N+](=O)[O-]. The fourth-order valence-corrected chi connectivity index (χ4v) is 2.35. The summed E-state index contributed by atoms with van der Waals surface area (Å²) in [5.41, 5.74) is 0.350. The maximum absolute atomic E-state index is 10.9. The second kappa shape index (κ2) is 7.07. The van der Waals surface area contributed by atoms with Crippen molar-refractivity contribution in [3.05, 3.63) is 32.3 Å². The second-order valence-corrected chi connectivity index (χ2v) is 5.67. The van der Waals surface area contributed by atoms with Gasteiger partial charge in [-0.25, -0.2) is 0 Å². The second-order valence-electron chi connectivity index (χ2n) is 3.87. The van der Waals surface area contributed by atoms with Crippen molar-refractivity contribution in [1.29, 1.82) is 0 Å². The van der Waals surface area contributed by atoms with E-state index in [2.05, 4.69) is 5.32 Å². The van der Waals surface area contributed by atoms with Gasteiger partial charge in [0.1, 0.15) is 5.69 Å². The number of benzene rings is 1. The van der Waals surface area contributed by atoms with Gasteiger partial charge in [-0.3, -0.25) is 10.1 Å². The number of rotatable bonds is 6. The summed E-state index contributed by atoms with van der Waals surface area (Å²) in [7, 11) is 0. The molecule has 1 aromatic rings. The van der Waals surface area contributed by atoms with E-state index in [1.165, 1.54) is 12.1 Å². The van der Waals surface area contributed by atoms with Gasteiger partial charge in [-0.05, 0) is 31.4 Å². The van der Waals surface area contributed by atoms with E-state index in [-0.39, 0.29) is 16.8 Å². The number of nitrogens with one attached hydrogen (secondary N) is 1. The number of nitrogens with zero attached hydrogens (tertiary/aromatic N) is 1. The standard InChI is InChI=1S/C11H14Cl2N2O2S/c1-7(3-4-18-2)14-10-5-8(12)9(13)6-11(10)15(16)17/h5-7,14H,3-4H2,1-2H3. The number of hydrogen-bond donors (Lipinski definition) is 1. The number of anilines is 1. The first-order valence-corrected chi connectivity index (χ1v) is 7.49. The lowest BCUT2D eigenvalue weighted by molar-refractivity contribution is -0.384. The molecule has 7 heteroatoms. The molecule has 0 heterocycles. The van der Waals surface area contributed by atoms with Gasteiger partial charge in [0.2, 0.25) is 0 Å². The Morgan fingerprint density at radius 2 is 2.06 bits per heavy atom. The van der Waals surface area contributed by atoms with Crippen LogP contribution in [-0.4, -0.2) is 23.0 Å². The maximum Gasteiger partial charge on any atom is 0.293 e. The summed E-state index contributed by atoms with van der Waals surface area (Å²) >= 11 is 13.4. The molecule has 0 saturated carbocycles. The van der Waals surface area contributed by atoms with Crippen LogP contribution in [0.4, 0.5) is 11.4 Å². The molecule has 0 spiro atoms. The van der Waals surface area contributed by atoms with Crippen LogP contribution in [0.25, 0.3) is 0 Å². The monoisotopic (exact) mass is 308 g/mol. The summed E-state index contributed by atoms with van der Waals surface area (Å²) in [6, 6.07) is 2.90. The van der Waals surface area contributed by atoms with Crippen molar-refractivity contribution in [2.75, 3.05) is 17.3 Å². The summed E-state index contributed by atoms with van der Waals surface area (Å²) in [6.45, 7) is 1.97. The number of nitro benzene ring substituents is 1. The Hall–Kier alpha value is -0.650. The topological polar surface area (TPSA) is 55.2 Å². The molecule has 1 unspecified atom stereocenters. The van der Waals surface area contributed by atoms with Gasteiger partial charge >= 0.3 is 0 Å². The summed E-state index contributed by atoms with van der Waals surface area (Å²) in [6.07, 6.45) is 2.94. The molecule has 1 N–H and O–H groups in total. The normalized spacial score (nSPS) is 12.2. The Balaban J connectivity index is 2.93. The first-order chi connectivity index (χ1) is 8.45. The molecule has 4 nitrogen and oxygen atoms in total. The van der Waals surface area contributed by atoms with Crippen molar-refractivity contribution < 1.29 is 4.92 Å². The van der Waals surface area contributed by atoms with Crippen LogP contribution < -0.4 is 5.32 Å². The van der Waals surface area contributed by atoms with Crippen LogP contribution in [-0.2, 0) is 0 Å². The fraction of sp³-hybridized carbons (Fsp3) is 0.455. The zero-order chi connectivity index (χ0) is 13.7. The number of thioether (sulfide) groups is 1. The highest BCUT2D eigenvalue weighted by molar-refractivity contribution is 7.98. The molecule has 0 aliphatic carbocycles. The molecule has 1 aromatic carbocycles. The van der Waals surface area contributed by atoms with Crippen LogP contribution in [0, 0.1) is 10.1 Å². The zero-order valence-electron chi connectivity index (χ0n) is 10.1. The van der Waals surface area contributed by atoms with E-state index in [9.17, 15) is 10.1 Å². The van der Waals surface area contributed by atoms with Gasteiger partial charge in [0.15, 0.2) is 0 Å². The molecule has 0 bridgehead atoms. The minimum Gasteiger partial charge on any atom is -0.377 e. The minimum atomic E-state index is -0.466. The van der Waals surface area contributed by atoms with Crippen molar-refractivity contribution in [2.45, 2.75) is 19.4 Å². The van der Waals surface area contributed by atoms with Gasteiger partial charge in [-0.1, -0.05) is 23.2 Å². The molecule has 100 valence electrons. The summed E-state index contributed by atoms with van der Waals surface area (Å²) in [5.74, 6) is 0.989. The summed E-state index contributed by atoms with van der Waals surface area (Å²) in [5, 5.41) is 14.5. The van der Waals surface area contributed by atoms with Crippen LogP contribution in [0.5, 0.6) is 0 Å². The van der Waals surface area contributed by atoms with Crippen molar-refractivity contribution in [2.24, 2.45) is 0 Å². The third kappa shape index (κ3) is 4.23. The molecule has 0 radical (unpaired) electrons. The van der Waals surface area contributed by atoms with Crippen molar-refractivity contribution in [3.8, 4) is 0 Å². The maximum atomic E-state index is 10.9. The average Bonchev–Trinajstić information content (AvgIpc) is 2.30. The lowest BCUT2D eigenvalue weighted by Gasteiger charge is -2.15. The van der Waals surface area contributed by atoms with E-state index in [0.717, 1.165) is 12.2 Å². The van der Waals surface area contributed by atoms with E-state index in [0.29, 0.717) is 10.7 Å². The lowest BCUT2D eigenvalue weighted by atomic mass is 10.2. The third-order valence-electron chi connectivity index (χ3n) is 2.39. The largest absolute Gasteiger partial charge is 0.377 e. The van der Waals surface area contributed by atoms with Crippen LogP contribution in [0.2, 0.25) is 10.0 Å². The van der Waals surface area contributed by atoms with E-state index in [4.69, 9.17) is 23.2 Å². The molecular weight excluding hydrogens is 295 g/mol. The van der Waals surface area contributed by atoms with Crippen molar-refractivity contribution in [3.63, 3.8) is 0 Å². The van der Waals surface area contributed by atoms with Gasteiger partial charge < -0.3 is 5.32 Å². The van der Waals surface area contributed by atoms with E-state index in [1.807, 2.05) is 13.2 Å². The molecule has 1 atom stereocenters. The fourth-order valence-electron chi connectivity index (χ4n) is 1.44. The van der Waals surface area contributed by atoms with Crippen molar-refractivity contribution in [1.82, 2.24) is 0 Å². The van der Waals surface area contributed by atoms with Gasteiger partial charge in [0.25, 0.3) is 5.69 Å². The number of nitro groups is 1. The molecule has 0 aromatic heterocycles.